The summed E-state index contributed by atoms with van der Waals surface area (Å²) >= 11 is 3.68. The fourth-order valence-electron chi connectivity index (χ4n) is 5.28. The molecule has 0 unspecified atom stereocenters. The number of carbonyl (C=O) groups excluding carboxylic acids is 1. The highest BCUT2D eigenvalue weighted by molar-refractivity contribution is 9.10. The van der Waals surface area contributed by atoms with E-state index in [1.165, 1.54) is 0 Å². The van der Waals surface area contributed by atoms with Gasteiger partial charge in [-0.15, -0.1) is 0 Å². The van der Waals surface area contributed by atoms with Crippen molar-refractivity contribution in [2.75, 3.05) is 34.0 Å². The zero-order valence-corrected chi connectivity index (χ0v) is 27.0. The molecule has 0 spiro atoms. The fourth-order valence-corrected chi connectivity index (χ4v) is 5.71. The van der Waals surface area contributed by atoms with Crippen LogP contribution >= 0.6 is 15.9 Å². The minimum absolute atomic E-state index is 0.0656. The van der Waals surface area contributed by atoms with E-state index < -0.39 is 11.6 Å². The monoisotopic (exact) mass is 672 g/mol. The van der Waals surface area contributed by atoms with E-state index in [1.54, 1.807) is 14.2 Å². The van der Waals surface area contributed by atoms with Crippen LogP contribution in [0.5, 0.6) is 17.2 Å². The molecule has 9 heteroatoms. The number of rotatable bonds is 14. The number of hydrogen-bond acceptors (Lipinski definition) is 7. The van der Waals surface area contributed by atoms with Crippen molar-refractivity contribution in [2.45, 2.75) is 30.9 Å². The third kappa shape index (κ3) is 7.67. The maximum atomic E-state index is 14.5. The van der Waals surface area contributed by atoms with Gasteiger partial charge in [-0.3, -0.25) is 4.79 Å². The number of methoxy groups -OCH3 is 2. The summed E-state index contributed by atoms with van der Waals surface area (Å²) in [5.41, 5.74) is 2.17. The van der Waals surface area contributed by atoms with E-state index in [-0.39, 0.29) is 18.9 Å². The molecule has 1 heterocycles. The summed E-state index contributed by atoms with van der Waals surface area (Å²) < 4.78 is 24.1. The Morgan fingerprint density at radius 3 is 2.38 bits per heavy atom. The molecule has 1 aliphatic rings. The van der Waals surface area contributed by atoms with Crippen molar-refractivity contribution in [3.05, 3.63) is 124 Å². The molecule has 0 fully saturated rings. The van der Waals surface area contributed by atoms with Crippen LogP contribution in [0.1, 0.15) is 34.8 Å². The van der Waals surface area contributed by atoms with Crippen LogP contribution in [0.4, 0.5) is 0 Å². The Kier molecular flexibility index (Phi) is 10.8. The van der Waals surface area contributed by atoms with E-state index in [9.17, 15) is 4.79 Å². The number of carbonyl (C=O) groups is 1. The lowest BCUT2D eigenvalue weighted by molar-refractivity contribution is -0.128. The Morgan fingerprint density at radius 2 is 1.67 bits per heavy atom. The smallest absolute Gasteiger partial charge is 0.252 e. The number of aliphatic hydroxyl groups is 1. The molecule has 4 aromatic carbocycles. The second-order valence-corrected chi connectivity index (χ2v) is 11.5. The number of benzene rings is 4. The van der Waals surface area contributed by atoms with Crippen molar-refractivity contribution in [3.63, 3.8) is 0 Å². The van der Waals surface area contributed by atoms with Crippen LogP contribution in [0.25, 0.3) is 0 Å². The summed E-state index contributed by atoms with van der Waals surface area (Å²) in [6.45, 7) is 0.894. The molecule has 45 heavy (non-hydrogen) atoms. The minimum atomic E-state index is -1.33. The van der Waals surface area contributed by atoms with Crippen LogP contribution in [-0.2, 0) is 22.4 Å². The lowest BCUT2D eigenvalue weighted by Crippen LogP contribution is -2.50. The maximum absolute atomic E-state index is 14.5. The molecule has 0 saturated heterocycles. The number of amides is 1. The Labute approximate surface area is 272 Å². The molecule has 4 aromatic rings. The number of aliphatic hydroxyl groups excluding tert-OH is 1. The standard InChI is InChI=1S/C36H37BrN2O6/c1-42-29-15-11-25(12-16-29)19-20-38-35(41)36(24-28-7-3-4-10-32(28)37)33(27-8-5-9-31(23-27)43-2)45-34(39-36)26-13-17-30(18-14-26)44-22-6-21-40/h3-5,7-18,23,33,40H,6,19-22,24H2,1-2H3,(H,38,41)/t33-,36-/m1/s1. The summed E-state index contributed by atoms with van der Waals surface area (Å²) in [5, 5.41) is 12.2. The summed E-state index contributed by atoms with van der Waals surface area (Å²) in [5.74, 6) is 2.24. The van der Waals surface area contributed by atoms with Gasteiger partial charge in [0.2, 0.25) is 5.90 Å². The van der Waals surface area contributed by atoms with Gasteiger partial charge in [-0.05, 0) is 77.7 Å². The molecule has 234 valence electrons. The van der Waals surface area contributed by atoms with Crippen LogP contribution in [0, 0.1) is 0 Å². The Hall–Kier alpha value is -4.34. The van der Waals surface area contributed by atoms with Gasteiger partial charge in [0.1, 0.15) is 17.2 Å². The van der Waals surface area contributed by atoms with Crippen LogP contribution in [-0.4, -0.2) is 56.4 Å². The largest absolute Gasteiger partial charge is 0.497 e. The molecule has 1 aliphatic heterocycles. The van der Waals surface area contributed by atoms with Crippen molar-refractivity contribution in [1.82, 2.24) is 5.32 Å². The molecule has 1 amide bonds. The quantitative estimate of drug-likeness (QED) is 0.158. The highest BCUT2D eigenvalue weighted by atomic mass is 79.9. The Balaban J connectivity index is 1.52. The summed E-state index contributed by atoms with van der Waals surface area (Å²) in [4.78, 5) is 19.6. The molecule has 0 saturated carbocycles. The number of nitrogens with zero attached hydrogens (tertiary/aromatic N) is 1. The van der Waals surface area contributed by atoms with Gasteiger partial charge in [-0.25, -0.2) is 4.99 Å². The van der Waals surface area contributed by atoms with E-state index in [0.29, 0.717) is 43.4 Å². The van der Waals surface area contributed by atoms with Gasteiger partial charge in [0.15, 0.2) is 11.6 Å². The third-order valence-corrected chi connectivity index (χ3v) is 8.48. The second kappa shape index (κ2) is 15.1. The molecule has 0 aromatic heterocycles. The second-order valence-electron chi connectivity index (χ2n) is 10.7. The van der Waals surface area contributed by atoms with E-state index in [0.717, 1.165) is 32.5 Å². The third-order valence-electron chi connectivity index (χ3n) is 7.70. The van der Waals surface area contributed by atoms with Gasteiger partial charge >= 0.3 is 0 Å². The van der Waals surface area contributed by atoms with Crippen LogP contribution in [0.15, 0.2) is 107 Å². The summed E-state index contributed by atoms with van der Waals surface area (Å²) in [6.07, 6.45) is 0.734. The predicted octanol–water partition coefficient (Wildman–Crippen LogP) is 6.09. The molecule has 0 aliphatic carbocycles. The number of hydrogen-bond donors (Lipinski definition) is 2. The first-order valence-corrected chi connectivity index (χ1v) is 15.6. The zero-order chi connectivity index (χ0) is 31.6. The molecule has 0 radical (unpaired) electrons. The van der Waals surface area contributed by atoms with Gasteiger partial charge in [0.25, 0.3) is 5.91 Å². The lowest BCUT2D eigenvalue weighted by Gasteiger charge is -2.31. The predicted molar refractivity (Wildman–Crippen MR) is 177 cm³/mol. The van der Waals surface area contributed by atoms with Crippen molar-refractivity contribution < 1.29 is 28.8 Å². The van der Waals surface area contributed by atoms with Crippen LogP contribution in [0.2, 0.25) is 0 Å². The topological polar surface area (TPSA) is 98.6 Å². The van der Waals surface area contributed by atoms with Crippen molar-refractivity contribution in [2.24, 2.45) is 4.99 Å². The maximum Gasteiger partial charge on any atom is 0.252 e. The number of halogens is 1. The molecule has 2 atom stereocenters. The lowest BCUT2D eigenvalue weighted by atomic mass is 9.82. The van der Waals surface area contributed by atoms with E-state index in [2.05, 4.69) is 21.2 Å². The van der Waals surface area contributed by atoms with Gasteiger partial charge < -0.3 is 29.4 Å². The number of ether oxygens (including phenoxy) is 4. The van der Waals surface area contributed by atoms with Crippen molar-refractivity contribution in [1.29, 1.82) is 0 Å². The van der Waals surface area contributed by atoms with Gasteiger partial charge in [-0.2, -0.15) is 0 Å². The highest BCUT2D eigenvalue weighted by Crippen LogP contribution is 2.44. The fraction of sp³-hybridized carbons (Fsp3) is 0.278. The molecule has 2 N–H and O–H groups in total. The average molecular weight is 674 g/mol. The molecule has 8 nitrogen and oxygen atoms in total. The van der Waals surface area contributed by atoms with E-state index in [4.69, 9.17) is 29.0 Å². The average Bonchev–Trinajstić information content (AvgIpc) is 3.47. The van der Waals surface area contributed by atoms with Crippen molar-refractivity contribution in [3.8, 4) is 17.2 Å². The van der Waals surface area contributed by atoms with E-state index in [1.807, 2.05) is 97.1 Å². The summed E-state index contributed by atoms with van der Waals surface area (Å²) in [7, 11) is 3.25. The van der Waals surface area contributed by atoms with Crippen LogP contribution < -0.4 is 19.5 Å². The van der Waals surface area contributed by atoms with Crippen LogP contribution in [0.3, 0.4) is 0 Å². The zero-order valence-electron chi connectivity index (χ0n) is 25.4. The van der Waals surface area contributed by atoms with Gasteiger partial charge in [0.05, 0.1) is 20.8 Å². The molecular formula is C36H37BrN2O6. The van der Waals surface area contributed by atoms with E-state index >= 15 is 0 Å². The van der Waals surface area contributed by atoms with Gasteiger partial charge in [-0.1, -0.05) is 58.4 Å². The Morgan fingerprint density at radius 1 is 0.933 bits per heavy atom. The SMILES string of the molecule is COc1ccc(CCNC(=O)[C@]2(Cc3ccccc3Br)N=C(c3ccc(OCCCO)cc3)O[C@@H]2c2cccc(OC)c2)cc1. The first-order valence-electron chi connectivity index (χ1n) is 14.8. The molecular weight excluding hydrogens is 636 g/mol. The molecule has 0 bridgehead atoms. The first kappa shape index (κ1) is 32.1. The Bertz CT molecular complexity index is 1610. The first-order chi connectivity index (χ1) is 22.0. The van der Waals surface area contributed by atoms with Gasteiger partial charge in [0, 0.05) is 36.0 Å². The molecule has 5 rings (SSSR count). The minimum Gasteiger partial charge on any atom is -0.497 e. The summed E-state index contributed by atoms with van der Waals surface area (Å²) in [6, 6.07) is 30.6. The van der Waals surface area contributed by atoms with Crippen molar-refractivity contribution >= 4 is 27.7 Å². The normalized spacial score (nSPS) is 17.2. The highest BCUT2D eigenvalue weighted by Gasteiger charge is 2.53. The number of nitrogens with one attached hydrogen (secondary N) is 1. The number of aliphatic imine (C=N–C) groups is 1.